The molecule has 1 aromatic rings. The zero-order chi connectivity index (χ0) is 11.7. The smallest absolute Gasteiger partial charge is 0.161 e. The van der Waals surface area contributed by atoms with Crippen LogP contribution in [-0.2, 0) is 0 Å². The van der Waals surface area contributed by atoms with Crippen LogP contribution in [0.5, 0.6) is 0 Å². The molecule has 3 N–H and O–H groups in total. The molecule has 1 saturated carbocycles. The average molecular weight is 236 g/mol. The second-order valence-corrected chi connectivity index (χ2v) is 5.81. The molecule has 17 heavy (non-hydrogen) atoms. The fourth-order valence-electron chi connectivity index (χ4n) is 3.74. The zero-order valence-corrected chi connectivity index (χ0v) is 10.3. The molecular weight excluding hydrogens is 214 g/mol. The summed E-state index contributed by atoms with van der Waals surface area (Å²) in [5.41, 5.74) is 0.285. The van der Waals surface area contributed by atoms with E-state index in [1.165, 1.54) is 32.1 Å². The number of hydrogen-bond donors (Lipinski definition) is 2. The lowest BCUT2D eigenvalue weighted by Gasteiger charge is -2.42. The van der Waals surface area contributed by atoms with Gasteiger partial charge in [0.05, 0.1) is 17.9 Å². The number of hydrogen-bond acceptors (Lipinski definition) is 2. The SMILES string of the molecule is O[C@H]1C[C@H](c2ccco2)[NH2+]C2(CCCCC2)C1. The number of nitrogens with two attached hydrogens (primary N) is 1. The first-order valence-electron chi connectivity index (χ1n) is 6.85. The van der Waals surface area contributed by atoms with Gasteiger partial charge in [0.25, 0.3) is 0 Å². The van der Waals surface area contributed by atoms with Gasteiger partial charge in [-0.1, -0.05) is 6.42 Å². The molecule has 2 heterocycles. The minimum Gasteiger partial charge on any atom is -0.463 e. The van der Waals surface area contributed by atoms with E-state index >= 15 is 0 Å². The van der Waals surface area contributed by atoms with Crippen molar-refractivity contribution < 1.29 is 14.8 Å². The van der Waals surface area contributed by atoms with Gasteiger partial charge in [-0.3, -0.25) is 0 Å². The first-order chi connectivity index (χ1) is 8.27. The Bertz CT molecular complexity index is 354. The van der Waals surface area contributed by atoms with Crippen LogP contribution >= 0.6 is 0 Å². The van der Waals surface area contributed by atoms with E-state index < -0.39 is 0 Å². The molecule has 1 spiro atoms. The van der Waals surface area contributed by atoms with Crippen LogP contribution in [0.25, 0.3) is 0 Å². The molecular formula is C14H22NO2+. The van der Waals surface area contributed by atoms with E-state index in [2.05, 4.69) is 5.32 Å². The highest BCUT2D eigenvalue weighted by Crippen LogP contribution is 2.34. The van der Waals surface area contributed by atoms with Crippen molar-refractivity contribution in [3.05, 3.63) is 24.2 Å². The van der Waals surface area contributed by atoms with Gasteiger partial charge in [0, 0.05) is 25.7 Å². The van der Waals surface area contributed by atoms with E-state index in [1.54, 1.807) is 6.26 Å². The van der Waals surface area contributed by atoms with Crippen LogP contribution in [-0.4, -0.2) is 16.7 Å². The molecule has 1 aliphatic heterocycles. The molecule has 3 rings (SSSR count). The fourth-order valence-corrected chi connectivity index (χ4v) is 3.74. The normalized spacial score (nSPS) is 32.8. The largest absolute Gasteiger partial charge is 0.463 e. The van der Waals surface area contributed by atoms with Crippen molar-refractivity contribution in [1.82, 2.24) is 0 Å². The Morgan fingerprint density at radius 2 is 2.12 bits per heavy atom. The lowest BCUT2D eigenvalue weighted by molar-refractivity contribution is -0.779. The van der Waals surface area contributed by atoms with Crippen LogP contribution in [0.3, 0.4) is 0 Å². The summed E-state index contributed by atoms with van der Waals surface area (Å²) in [7, 11) is 0. The molecule has 2 aliphatic rings. The quantitative estimate of drug-likeness (QED) is 0.780. The standard InChI is InChI=1S/C14H21NO2/c16-11-9-12(13-5-4-8-17-13)15-14(10-11)6-2-1-3-7-14/h4-5,8,11-12,15-16H,1-3,6-7,9-10H2/p+1/t11-,12+/m0/s1. The van der Waals surface area contributed by atoms with Crippen molar-refractivity contribution in [3.8, 4) is 0 Å². The molecule has 0 bridgehead atoms. The van der Waals surface area contributed by atoms with Crippen LogP contribution in [0.15, 0.2) is 22.8 Å². The average Bonchev–Trinajstić information content (AvgIpc) is 2.82. The van der Waals surface area contributed by atoms with E-state index in [-0.39, 0.29) is 11.6 Å². The third-order valence-corrected chi connectivity index (χ3v) is 4.48. The van der Waals surface area contributed by atoms with Crippen molar-refractivity contribution in [1.29, 1.82) is 0 Å². The molecule has 0 radical (unpaired) electrons. The number of quaternary nitrogens is 1. The van der Waals surface area contributed by atoms with Crippen LogP contribution in [0, 0.1) is 0 Å². The molecule has 2 atom stereocenters. The van der Waals surface area contributed by atoms with Crippen LogP contribution in [0.1, 0.15) is 56.7 Å². The van der Waals surface area contributed by atoms with Crippen molar-refractivity contribution in [2.24, 2.45) is 0 Å². The van der Waals surface area contributed by atoms with Gasteiger partial charge < -0.3 is 14.8 Å². The zero-order valence-electron chi connectivity index (χ0n) is 10.3. The van der Waals surface area contributed by atoms with Gasteiger partial charge in [0.2, 0.25) is 0 Å². The maximum Gasteiger partial charge on any atom is 0.161 e. The highest BCUT2D eigenvalue weighted by atomic mass is 16.3. The first kappa shape index (κ1) is 11.3. The summed E-state index contributed by atoms with van der Waals surface area (Å²) in [5.74, 6) is 1.02. The van der Waals surface area contributed by atoms with Gasteiger partial charge in [-0.15, -0.1) is 0 Å². The second-order valence-electron chi connectivity index (χ2n) is 5.81. The topological polar surface area (TPSA) is 50.0 Å². The molecule has 3 heteroatoms. The molecule has 0 aromatic carbocycles. The van der Waals surface area contributed by atoms with Crippen molar-refractivity contribution in [2.75, 3.05) is 0 Å². The summed E-state index contributed by atoms with van der Waals surface area (Å²) in [5, 5.41) is 12.6. The van der Waals surface area contributed by atoms with Crippen LogP contribution in [0.4, 0.5) is 0 Å². The minimum atomic E-state index is -0.159. The van der Waals surface area contributed by atoms with E-state index in [4.69, 9.17) is 4.42 Å². The Balaban J connectivity index is 1.79. The van der Waals surface area contributed by atoms with Crippen molar-refractivity contribution >= 4 is 0 Å². The Morgan fingerprint density at radius 3 is 2.82 bits per heavy atom. The second kappa shape index (κ2) is 4.46. The van der Waals surface area contributed by atoms with E-state index in [0.29, 0.717) is 6.04 Å². The number of rotatable bonds is 1. The lowest BCUT2D eigenvalue weighted by Crippen LogP contribution is -2.99. The van der Waals surface area contributed by atoms with Gasteiger partial charge in [-0.05, 0) is 25.0 Å². The third kappa shape index (κ3) is 2.26. The molecule has 0 amide bonds. The van der Waals surface area contributed by atoms with E-state index in [9.17, 15) is 5.11 Å². The summed E-state index contributed by atoms with van der Waals surface area (Å²) < 4.78 is 5.51. The monoisotopic (exact) mass is 236 g/mol. The lowest BCUT2D eigenvalue weighted by atomic mass is 9.74. The molecule has 1 aliphatic carbocycles. The van der Waals surface area contributed by atoms with Gasteiger partial charge in [-0.25, -0.2) is 0 Å². The highest BCUT2D eigenvalue weighted by Gasteiger charge is 2.45. The molecule has 0 unspecified atom stereocenters. The maximum atomic E-state index is 10.1. The number of piperidine rings is 1. The van der Waals surface area contributed by atoms with Gasteiger partial charge >= 0.3 is 0 Å². The molecule has 3 nitrogen and oxygen atoms in total. The fraction of sp³-hybridized carbons (Fsp3) is 0.714. The van der Waals surface area contributed by atoms with Crippen molar-refractivity contribution in [3.63, 3.8) is 0 Å². The highest BCUT2D eigenvalue weighted by molar-refractivity contribution is 5.04. The summed E-state index contributed by atoms with van der Waals surface area (Å²) in [4.78, 5) is 0. The first-order valence-corrected chi connectivity index (χ1v) is 6.85. The third-order valence-electron chi connectivity index (χ3n) is 4.48. The summed E-state index contributed by atoms with van der Waals surface area (Å²) in [6, 6.07) is 4.29. The van der Waals surface area contributed by atoms with E-state index in [0.717, 1.165) is 18.6 Å². The number of aliphatic hydroxyl groups excluding tert-OH is 1. The molecule has 1 saturated heterocycles. The van der Waals surface area contributed by atoms with Gasteiger partial charge in [0.15, 0.2) is 5.76 Å². The van der Waals surface area contributed by atoms with E-state index in [1.807, 2.05) is 12.1 Å². The van der Waals surface area contributed by atoms with Gasteiger partial charge in [-0.2, -0.15) is 0 Å². The van der Waals surface area contributed by atoms with Gasteiger partial charge in [0.1, 0.15) is 6.04 Å². The Morgan fingerprint density at radius 1 is 1.29 bits per heavy atom. The Kier molecular flexibility index (Phi) is 2.97. The summed E-state index contributed by atoms with van der Waals surface area (Å²) in [6.45, 7) is 0. The Hall–Kier alpha value is -0.800. The number of aliphatic hydroxyl groups is 1. The minimum absolute atomic E-state index is 0.159. The summed E-state index contributed by atoms with van der Waals surface area (Å²) in [6.07, 6.45) is 9.85. The predicted octanol–water partition coefficient (Wildman–Crippen LogP) is 1.74. The summed E-state index contributed by atoms with van der Waals surface area (Å²) >= 11 is 0. The molecule has 2 fully saturated rings. The molecule has 1 aromatic heterocycles. The molecule has 94 valence electrons. The maximum absolute atomic E-state index is 10.1. The van der Waals surface area contributed by atoms with Crippen LogP contribution < -0.4 is 5.32 Å². The number of furan rings is 1. The Labute approximate surface area is 102 Å². The van der Waals surface area contributed by atoms with Crippen molar-refractivity contribution in [2.45, 2.75) is 62.6 Å². The van der Waals surface area contributed by atoms with Crippen LogP contribution in [0.2, 0.25) is 0 Å². The predicted molar refractivity (Wildman–Crippen MR) is 64.4 cm³/mol.